The molecule has 1 aliphatic heterocycles. The molecule has 1 unspecified atom stereocenters. The summed E-state index contributed by atoms with van der Waals surface area (Å²) in [6, 6.07) is 26.2. The summed E-state index contributed by atoms with van der Waals surface area (Å²) < 4.78 is 31.5. The number of Topliss-reactive ketones (excluding diaryl/α,β-unsaturated/α-hetero) is 1. The number of nitrogens with one attached hydrogen (secondary N) is 1. The lowest BCUT2D eigenvalue weighted by Gasteiger charge is -2.35. The number of ether oxygens (including phenoxy) is 1. The van der Waals surface area contributed by atoms with Crippen LogP contribution in [0.5, 0.6) is 0 Å². The van der Waals surface area contributed by atoms with Crippen molar-refractivity contribution in [2.75, 3.05) is 5.75 Å². The second-order valence-electron chi connectivity index (χ2n) is 13.5. The van der Waals surface area contributed by atoms with Crippen LogP contribution in [0.25, 0.3) is 0 Å². The molecule has 234 valence electrons. The maximum absolute atomic E-state index is 14.7. The van der Waals surface area contributed by atoms with Crippen LogP contribution in [-0.4, -0.2) is 48.9 Å². The summed E-state index contributed by atoms with van der Waals surface area (Å²) in [5.41, 5.74) is 1.97. The average Bonchev–Trinajstić information content (AvgIpc) is 3.26. The molecule has 44 heavy (non-hydrogen) atoms. The molecule has 0 aromatic heterocycles. The standard InChI is InChI=1S/C36H43NO6S/c1-35(2,3)43-34(40)37-31(20-25-12-6-4-7-13-25)32(38)22-36(21-26-14-8-5-9-15-26)19-18-29(33(36)39)30-24-44(41,42)23-27-16-10-11-17-28(27)30/h4-17,29-32,38H,18-24H2,1-3H3,(H,37,40)/t29?,30-,31+,32+,36+/m1/s1. The first-order valence-corrected chi connectivity index (χ1v) is 17.2. The van der Waals surface area contributed by atoms with Crippen LogP contribution >= 0.6 is 0 Å². The van der Waals surface area contributed by atoms with Crippen molar-refractivity contribution < 1.29 is 27.9 Å². The molecule has 2 N–H and O–H groups in total. The van der Waals surface area contributed by atoms with E-state index in [4.69, 9.17) is 4.74 Å². The van der Waals surface area contributed by atoms with E-state index in [1.54, 1.807) is 20.8 Å². The average molecular weight is 618 g/mol. The van der Waals surface area contributed by atoms with Gasteiger partial charge in [-0.05, 0) is 75.1 Å². The molecule has 0 radical (unpaired) electrons. The number of benzene rings is 3. The van der Waals surface area contributed by atoms with E-state index in [0.717, 1.165) is 22.3 Å². The van der Waals surface area contributed by atoms with Gasteiger partial charge in [0.05, 0.1) is 23.7 Å². The normalized spacial score (nSPS) is 24.2. The lowest BCUT2D eigenvalue weighted by atomic mass is 9.71. The molecule has 1 saturated carbocycles. The molecular formula is C36H43NO6S. The van der Waals surface area contributed by atoms with E-state index in [1.807, 2.05) is 84.9 Å². The molecule has 1 fully saturated rings. The summed E-state index contributed by atoms with van der Waals surface area (Å²) in [6.45, 7) is 5.35. The highest BCUT2D eigenvalue weighted by atomic mass is 32.2. The van der Waals surface area contributed by atoms with Crippen molar-refractivity contribution in [3.8, 4) is 0 Å². The van der Waals surface area contributed by atoms with E-state index in [-0.39, 0.29) is 23.7 Å². The molecule has 5 atom stereocenters. The summed E-state index contributed by atoms with van der Waals surface area (Å²) in [4.78, 5) is 27.6. The Hall–Kier alpha value is -3.49. The van der Waals surface area contributed by atoms with Gasteiger partial charge in [-0.15, -0.1) is 0 Å². The number of aliphatic hydroxyl groups is 1. The zero-order chi connectivity index (χ0) is 31.5. The van der Waals surface area contributed by atoms with E-state index >= 15 is 0 Å². The van der Waals surface area contributed by atoms with Gasteiger partial charge in [0.2, 0.25) is 0 Å². The van der Waals surface area contributed by atoms with Crippen LogP contribution in [0.15, 0.2) is 84.9 Å². The molecule has 3 aromatic rings. The monoisotopic (exact) mass is 617 g/mol. The van der Waals surface area contributed by atoms with Gasteiger partial charge in [0.15, 0.2) is 9.84 Å². The molecule has 1 amide bonds. The predicted molar refractivity (Wildman–Crippen MR) is 171 cm³/mol. The molecule has 5 rings (SSSR count). The maximum Gasteiger partial charge on any atom is 0.407 e. The fourth-order valence-electron chi connectivity index (χ4n) is 7.07. The fraction of sp³-hybridized carbons (Fsp3) is 0.444. The van der Waals surface area contributed by atoms with Gasteiger partial charge in [-0.25, -0.2) is 13.2 Å². The number of ketones is 1. The number of carbonyl (C=O) groups excluding carboxylic acids is 2. The summed E-state index contributed by atoms with van der Waals surface area (Å²) >= 11 is 0. The molecule has 2 aliphatic rings. The number of aliphatic hydroxyl groups excluding tert-OH is 1. The minimum Gasteiger partial charge on any atom is -0.444 e. The molecule has 0 spiro atoms. The summed E-state index contributed by atoms with van der Waals surface area (Å²) in [5, 5.41) is 14.7. The van der Waals surface area contributed by atoms with Gasteiger partial charge in [0, 0.05) is 17.3 Å². The number of fused-ring (bicyclic) bond motifs is 1. The Morgan fingerprint density at radius 2 is 1.57 bits per heavy atom. The van der Waals surface area contributed by atoms with Gasteiger partial charge < -0.3 is 15.2 Å². The van der Waals surface area contributed by atoms with Crippen molar-refractivity contribution in [2.24, 2.45) is 11.3 Å². The number of carbonyl (C=O) groups is 2. The SMILES string of the molecule is CC(C)(C)OC(=O)N[C@@H](Cc1ccccc1)[C@@H](O)C[C@@]1(Cc2ccccc2)CCC([C@@H]2CS(=O)(=O)Cc3ccccc32)C1=O. The minimum atomic E-state index is -3.36. The quantitative estimate of drug-likeness (QED) is 0.315. The maximum atomic E-state index is 14.7. The first kappa shape index (κ1) is 31.9. The highest BCUT2D eigenvalue weighted by Gasteiger charge is 2.53. The molecule has 1 heterocycles. The highest BCUT2D eigenvalue weighted by Crippen LogP contribution is 2.51. The van der Waals surface area contributed by atoms with Gasteiger partial charge in [0.1, 0.15) is 11.4 Å². The molecule has 3 aromatic carbocycles. The van der Waals surface area contributed by atoms with E-state index in [1.165, 1.54) is 0 Å². The number of rotatable bonds is 9. The molecule has 7 nitrogen and oxygen atoms in total. The number of sulfone groups is 1. The van der Waals surface area contributed by atoms with Crippen LogP contribution < -0.4 is 5.32 Å². The van der Waals surface area contributed by atoms with Crippen LogP contribution in [0.3, 0.4) is 0 Å². The third-order valence-electron chi connectivity index (χ3n) is 8.99. The van der Waals surface area contributed by atoms with Crippen molar-refractivity contribution in [2.45, 2.75) is 82.3 Å². The number of hydrogen-bond donors (Lipinski definition) is 2. The lowest BCUT2D eigenvalue weighted by molar-refractivity contribution is -0.131. The Morgan fingerprint density at radius 1 is 0.955 bits per heavy atom. The largest absolute Gasteiger partial charge is 0.444 e. The van der Waals surface area contributed by atoms with Crippen molar-refractivity contribution in [1.82, 2.24) is 5.32 Å². The van der Waals surface area contributed by atoms with Gasteiger partial charge in [-0.2, -0.15) is 0 Å². The molecule has 0 saturated heterocycles. The van der Waals surface area contributed by atoms with E-state index in [0.29, 0.717) is 25.7 Å². The number of amides is 1. The van der Waals surface area contributed by atoms with Crippen molar-refractivity contribution in [3.63, 3.8) is 0 Å². The Balaban J connectivity index is 1.47. The Morgan fingerprint density at radius 3 is 2.23 bits per heavy atom. The molecule has 8 heteroatoms. The van der Waals surface area contributed by atoms with Crippen molar-refractivity contribution in [1.29, 1.82) is 0 Å². The van der Waals surface area contributed by atoms with Gasteiger partial charge in [0.25, 0.3) is 0 Å². The second kappa shape index (κ2) is 12.9. The zero-order valence-corrected chi connectivity index (χ0v) is 26.6. The van der Waals surface area contributed by atoms with Crippen LogP contribution in [-0.2, 0) is 38.0 Å². The van der Waals surface area contributed by atoms with E-state index in [9.17, 15) is 23.1 Å². The highest BCUT2D eigenvalue weighted by molar-refractivity contribution is 7.90. The predicted octanol–water partition coefficient (Wildman–Crippen LogP) is 5.79. The summed E-state index contributed by atoms with van der Waals surface area (Å²) in [7, 11) is -3.36. The third kappa shape index (κ3) is 7.59. The van der Waals surface area contributed by atoms with Gasteiger partial charge >= 0.3 is 6.09 Å². The van der Waals surface area contributed by atoms with E-state index in [2.05, 4.69) is 5.32 Å². The molecular weight excluding hydrogens is 574 g/mol. The lowest BCUT2D eigenvalue weighted by Crippen LogP contribution is -2.49. The topological polar surface area (TPSA) is 110 Å². The minimum absolute atomic E-state index is 0.00645. The van der Waals surface area contributed by atoms with Crippen LogP contribution in [0.4, 0.5) is 4.79 Å². The Kier molecular flexibility index (Phi) is 9.33. The van der Waals surface area contributed by atoms with Gasteiger partial charge in [-0.1, -0.05) is 84.9 Å². The number of alkyl carbamates (subject to hydrolysis) is 1. The summed E-state index contributed by atoms with van der Waals surface area (Å²) in [5.74, 6) is -0.971. The molecule has 1 aliphatic carbocycles. The molecule has 0 bridgehead atoms. The third-order valence-corrected chi connectivity index (χ3v) is 10.6. The first-order chi connectivity index (χ1) is 20.8. The first-order valence-electron chi connectivity index (χ1n) is 15.4. The van der Waals surface area contributed by atoms with Crippen LogP contribution in [0, 0.1) is 11.3 Å². The van der Waals surface area contributed by atoms with Crippen molar-refractivity contribution in [3.05, 3.63) is 107 Å². The fourth-order valence-corrected chi connectivity index (χ4v) is 8.89. The van der Waals surface area contributed by atoms with Crippen molar-refractivity contribution >= 4 is 21.7 Å². The van der Waals surface area contributed by atoms with E-state index < -0.39 is 50.9 Å². The van der Waals surface area contributed by atoms with Crippen LogP contribution in [0.1, 0.15) is 68.2 Å². The number of hydrogen-bond acceptors (Lipinski definition) is 6. The Bertz CT molecular complexity index is 1570. The zero-order valence-electron chi connectivity index (χ0n) is 25.7. The summed E-state index contributed by atoms with van der Waals surface area (Å²) in [6.07, 6.45) is 0.277. The van der Waals surface area contributed by atoms with Gasteiger partial charge in [-0.3, -0.25) is 4.79 Å². The van der Waals surface area contributed by atoms with Crippen LogP contribution in [0.2, 0.25) is 0 Å². The smallest absolute Gasteiger partial charge is 0.407 e. The Labute approximate surface area is 261 Å². The second-order valence-corrected chi connectivity index (χ2v) is 15.6.